The first-order valence-corrected chi connectivity index (χ1v) is 4.40. The summed E-state index contributed by atoms with van der Waals surface area (Å²) >= 11 is 4.77. The minimum absolute atomic E-state index is 0.312. The van der Waals surface area contributed by atoms with Gasteiger partial charge >= 0.3 is 0 Å². The standard InChI is InChI=1S/C9H10FN3S/c1-11-9(14)13-12-6-7-4-2-3-5-8(7)10/h2-6H,1H3,(H2,11,13,14)/b12-6+. The predicted octanol–water partition coefficient (Wildman–Crippen LogP) is 1.25. The molecule has 0 spiro atoms. The van der Waals surface area contributed by atoms with E-state index in [1.54, 1.807) is 25.2 Å². The molecule has 1 rings (SSSR count). The summed E-state index contributed by atoms with van der Waals surface area (Å²) < 4.78 is 13.0. The summed E-state index contributed by atoms with van der Waals surface area (Å²) in [5.74, 6) is -0.312. The van der Waals surface area contributed by atoms with E-state index in [9.17, 15) is 4.39 Å². The summed E-state index contributed by atoms with van der Waals surface area (Å²) in [5.41, 5.74) is 2.95. The Hall–Kier alpha value is -1.49. The maximum atomic E-state index is 13.0. The van der Waals surface area contributed by atoms with Crippen LogP contribution in [0.3, 0.4) is 0 Å². The highest BCUT2D eigenvalue weighted by Crippen LogP contribution is 2.02. The highest BCUT2D eigenvalue weighted by Gasteiger charge is 1.95. The molecular weight excluding hydrogens is 201 g/mol. The van der Waals surface area contributed by atoms with Gasteiger partial charge in [-0.1, -0.05) is 18.2 Å². The van der Waals surface area contributed by atoms with Crippen molar-refractivity contribution >= 4 is 23.5 Å². The van der Waals surface area contributed by atoms with Crippen LogP contribution in [-0.4, -0.2) is 18.4 Å². The summed E-state index contributed by atoms with van der Waals surface area (Å²) in [6.45, 7) is 0. The van der Waals surface area contributed by atoms with Crippen LogP contribution in [0.25, 0.3) is 0 Å². The predicted molar refractivity (Wildman–Crippen MR) is 58.8 cm³/mol. The molecular formula is C9H10FN3S. The average molecular weight is 211 g/mol. The minimum Gasteiger partial charge on any atom is -0.364 e. The maximum absolute atomic E-state index is 13.0. The molecule has 74 valence electrons. The molecule has 0 fully saturated rings. The zero-order chi connectivity index (χ0) is 10.4. The number of nitrogens with zero attached hydrogens (tertiary/aromatic N) is 1. The van der Waals surface area contributed by atoms with Gasteiger partial charge in [0.25, 0.3) is 0 Å². The van der Waals surface area contributed by atoms with Crippen molar-refractivity contribution in [3.05, 3.63) is 35.6 Å². The Kier molecular flexibility index (Phi) is 4.00. The summed E-state index contributed by atoms with van der Waals surface area (Å²) in [4.78, 5) is 0. The molecule has 0 bridgehead atoms. The molecule has 0 aliphatic heterocycles. The molecule has 0 saturated heterocycles. The monoisotopic (exact) mass is 211 g/mol. The van der Waals surface area contributed by atoms with Crippen molar-refractivity contribution in [2.45, 2.75) is 0 Å². The second-order valence-electron chi connectivity index (χ2n) is 2.47. The topological polar surface area (TPSA) is 36.4 Å². The van der Waals surface area contributed by atoms with E-state index in [0.29, 0.717) is 10.7 Å². The number of thiocarbonyl (C=S) groups is 1. The van der Waals surface area contributed by atoms with Crippen LogP contribution in [0, 0.1) is 5.82 Å². The molecule has 0 aliphatic carbocycles. The van der Waals surface area contributed by atoms with E-state index in [1.807, 2.05) is 0 Å². The van der Waals surface area contributed by atoms with Crippen molar-refractivity contribution in [3.63, 3.8) is 0 Å². The van der Waals surface area contributed by atoms with Gasteiger partial charge in [-0.2, -0.15) is 5.10 Å². The van der Waals surface area contributed by atoms with E-state index in [2.05, 4.69) is 15.8 Å². The van der Waals surface area contributed by atoms with E-state index >= 15 is 0 Å². The van der Waals surface area contributed by atoms with Gasteiger partial charge in [-0.3, -0.25) is 5.43 Å². The summed E-state index contributed by atoms with van der Waals surface area (Å²) in [5, 5.41) is 6.82. The SMILES string of the molecule is CNC(=S)N/N=C/c1ccccc1F. The van der Waals surface area contributed by atoms with Crippen LogP contribution in [0.4, 0.5) is 4.39 Å². The first-order valence-electron chi connectivity index (χ1n) is 3.99. The van der Waals surface area contributed by atoms with Crippen molar-refractivity contribution < 1.29 is 4.39 Å². The molecule has 1 aromatic carbocycles. The van der Waals surface area contributed by atoms with Crippen LogP contribution in [0.5, 0.6) is 0 Å². The summed E-state index contributed by atoms with van der Waals surface area (Å²) in [7, 11) is 1.67. The maximum Gasteiger partial charge on any atom is 0.186 e. The van der Waals surface area contributed by atoms with E-state index in [1.165, 1.54) is 12.3 Å². The van der Waals surface area contributed by atoms with Gasteiger partial charge in [-0.15, -0.1) is 0 Å². The molecule has 5 heteroatoms. The van der Waals surface area contributed by atoms with Crippen LogP contribution >= 0.6 is 12.2 Å². The molecule has 14 heavy (non-hydrogen) atoms. The number of hydrazone groups is 1. The molecule has 0 aromatic heterocycles. The van der Waals surface area contributed by atoms with Crippen LogP contribution < -0.4 is 10.7 Å². The lowest BCUT2D eigenvalue weighted by Crippen LogP contribution is -2.28. The Bertz CT molecular complexity index is 352. The number of hydrogen-bond acceptors (Lipinski definition) is 2. The molecule has 3 nitrogen and oxygen atoms in total. The second kappa shape index (κ2) is 5.29. The summed E-state index contributed by atoms with van der Waals surface area (Å²) in [6, 6.07) is 6.36. The van der Waals surface area contributed by atoms with E-state index < -0.39 is 0 Å². The number of halogens is 1. The fraction of sp³-hybridized carbons (Fsp3) is 0.111. The number of benzene rings is 1. The Balaban J connectivity index is 2.60. The molecule has 0 radical (unpaired) electrons. The van der Waals surface area contributed by atoms with Gasteiger partial charge in [0.05, 0.1) is 6.21 Å². The van der Waals surface area contributed by atoms with Crippen molar-refractivity contribution in [2.24, 2.45) is 5.10 Å². The van der Waals surface area contributed by atoms with Gasteiger partial charge in [0.15, 0.2) is 5.11 Å². The van der Waals surface area contributed by atoms with Crippen LogP contribution in [0.1, 0.15) is 5.56 Å². The highest BCUT2D eigenvalue weighted by atomic mass is 32.1. The Morgan fingerprint density at radius 3 is 2.86 bits per heavy atom. The van der Waals surface area contributed by atoms with Crippen molar-refractivity contribution in [2.75, 3.05) is 7.05 Å². The van der Waals surface area contributed by atoms with Crippen molar-refractivity contribution in [1.82, 2.24) is 10.7 Å². The normalized spacial score (nSPS) is 10.1. The van der Waals surface area contributed by atoms with Crippen LogP contribution in [0.2, 0.25) is 0 Å². The largest absolute Gasteiger partial charge is 0.364 e. The first kappa shape index (κ1) is 10.6. The molecule has 0 saturated carbocycles. The second-order valence-corrected chi connectivity index (χ2v) is 2.88. The van der Waals surface area contributed by atoms with E-state index in [0.717, 1.165) is 0 Å². The van der Waals surface area contributed by atoms with Gasteiger partial charge in [-0.05, 0) is 18.3 Å². The number of hydrogen-bond donors (Lipinski definition) is 2. The van der Waals surface area contributed by atoms with Gasteiger partial charge in [0.2, 0.25) is 0 Å². The van der Waals surface area contributed by atoms with E-state index in [4.69, 9.17) is 12.2 Å². The molecule has 0 atom stereocenters. The molecule has 0 amide bonds. The minimum atomic E-state index is -0.312. The lowest BCUT2D eigenvalue weighted by molar-refractivity contribution is 0.626. The van der Waals surface area contributed by atoms with E-state index in [-0.39, 0.29) is 5.82 Å². The van der Waals surface area contributed by atoms with Crippen LogP contribution in [-0.2, 0) is 0 Å². The van der Waals surface area contributed by atoms with Crippen molar-refractivity contribution in [3.8, 4) is 0 Å². The number of rotatable bonds is 2. The zero-order valence-corrected chi connectivity index (χ0v) is 8.44. The van der Waals surface area contributed by atoms with Crippen molar-refractivity contribution in [1.29, 1.82) is 0 Å². The fourth-order valence-electron chi connectivity index (χ4n) is 0.796. The van der Waals surface area contributed by atoms with Gasteiger partial charge in [0.1, 0.15) is 5.82 Å². The lowest BCUT2D eigenvalue weighted by atomic mass is 10.2. The Morgan fingerprint density at radius 2 is 2.21 bits per heavy atom. The molecule has 0 unspecified atom stereocenters. The van der Waals surface area contributed by atoms with Crippen LogP contribution in [0.15, 0.2) is 29.4 Å². The number of nitrogens with one attached hydrogen (secondary N) is 2. The third-order valence-electron chi connectivity index (χ3n) is 1.50. The third kappa shape index (κ3) is 3.10. The fourth-order valence-corrected chi connectivity index (χ4v) is 0.849. The lowest BCUT2D eigenvalue weighted by Gasteiger charge is -1.99. The molecule has 0 heterocycles. The molecule has 0 aliphatic rings. The Morgan fingerprint density at radius 1 is 1.50 bits per heavy atom. The average Bonchev–Trinajstić information content (AvgIpc) is 2.20. The van der Waals surface area contributed by atoms with Gasteiger partial charge < -0.3 is 5.32 Å². The van der Waals surface area contributed by atoms with Gasteiger partial charge in [-0.25, -0.2) is 4.39 Å². The zero-order valence-electron chi connectivity index (χ0n) is 7.62. The highest BCUT2D eigenvalue weighted by molar-refractivity contribution is 7.80. The molecule has 1 aromatic rings. The third-order valence-corrected chi connectivity index (χ3v) is 1.80. The Labute approximate surface area is 87.0 Å². The van der Waals surface area contributed by atoms with Gasteiger partial charge in [0, 0.05) is 12.6 Å². The summed E-state index contributed by atoms with van der Waals surface area (Å²) in [6.07, 6.45) is 1.37. The quantitative estimate of drug-likeness (QED) is 0.439. The molecule has 2 N–H and O–H groups in total. The first-order chi connectivity index (χ1) is 6.74. The smallest absolute Gasteiger partial charge is 0.186 e.